The predicted molar refractivity (Wildman–Crippen MR) is 83.9 cm³/mol. The quantitative estimate of drug-likeness (QED) is 0.904. The van der Waals surface area contributed by atoms with Gasteiger partial charge in [0, 0.05) is 13.5 Å². The molecule has 2 atom stereocenters. The molecule has 1 aromatic carbocycles. The van der Waals surface area contributed by atoms with Crippen molar-refractivity contribution in [3.8, 4) is 0 Å². The third-order valence-corrected chi connectivity index (χ3v) is 4.94. The molecule has 1 aliphatic rings. The van der Waals surface area contributed by atoms with Gasteiger partial charge in [0.15, 0.2) is 0 Å². The van der Waals surface area contributed by atoms with E-state index in [0.29, 0.717) is 23.6 Å². The fourth-order valence-corrected chi connectivity index (χ4v) is 3.74. The van der Waals surface area contributed by atoms with Crippen LogP contribution < -0.4 is 5.32 Å². The Labute approximate surface area is 133 Å². The van der Waals surface area contributed by atoms with Crippen LogP contribution in [0.3, 0.4) is 0 Å². The van der Waals surface area contributed by atoms with Crippen LogP contribution in [0.2, 0.25) is 0 Å². The average Bonchev–Trinajstić information content (AvgIpc) is 3.00. The highest BCUT2D eigenvalue weighted by molar-refractivity contribution is 7.13. The molecule has 22 heavy (non-hydrogen) atoms. The highest BCUT2D eigenvalue weighted by Gasteiger charge is 2.32. The number of benzene rings is 1. The highest BCUT2D eigenvalue weighted by atomic mass is 32.1. The van der Waals surface area contributed by atoms with Gasteiger partial charge in [-0.15, -0.1) is 11.3 Å². The summed E-state index contributed by atoms with van der Waals surface area (Å²) in [5, 5.41) is 13.9. The van der Waals surface area contributed by atoms with Crippen LogP contribution in [-0.2, 0) is 17.8 Å². The standard InChI is InChI=1S/C16H18N2O3S/c1-9-15(22-13(17-9)8-21-2)16(20)18-14-11-6-4-3-5-10(11)7-12(14)19/h3-6,12,14,19H,7-8H2,1-2H3,(H,18,20). The molecule has 0 spiro atoms. The zero-order chi connectivity index (χ0) is 15.7. The van der Waals surface area contributed by atoms with Gasteiger partial charge in [0.1, 0.15) is 9.88 Å². The van der Waals surface area contributed by atoms with Gasteiger partial charge in [0.25, 0.3) is 5.91 Å². The predicted octanol–water partition coefficient (Wildman–Crippen LogP) is 1.99. The van der Waals surface area contributed by atoms with E-state index in [1.54, 1.807) is 7.11 Å². The lowest BCUT2D eigenvalue weighted by Crippen LogP contribution is -2.33. The molecule has 116 valence electrons. The molecule has 2 N–H and O–H groups in total. The maximum absolute atomic E-state index is 12.5. The summed E-state index contributed by atoms with van der Waals surface area (Å²) in [5.41, 5.74) is 2.76. The van der Waals surface area contributed by atoms with E-state index in [-0.39, 0.29) is 11.9 Å². The van der Waals surface area contributed by atoms with Gasteiger partial charge in [-0.25, -0.2) is 4.98 Å². The van der Waals surface area contributed by atoms with Crippen molar-refractivity contribution in [2.45, 2.75) is 32.1 Å². The van der Waals surface area contributed by atoms with Gasteiger partial charge < -0.3 is 15.2 Å². The number of aryl methyl sites for hydroxylation is 1. The number of fused-ring (bicyclic) bond motifs is 1. The smallest absolute Gasteiger partial charge is 0.263 e. The van der Waals surface area contributed by atoms with Crippen LogP contribution in [0.4, 0.5) is 0 Å². The van der Waals surface area contributed by atoms with Gasteiger partial charge in [-0.05, 0) is 18.1 Å². The Morgan fingerprint density at radius 1 is 1.50 bits per heavy atom. The summed E-state index contributed by atoms with van der Waals surface area (Å²) in [5.74, 6) is -0.196. The summed E-state index contributed by atoms with van der Waals surface area (Å²) in [6.45, 7) is 2.21. The lowest BCUT2D eigenvalue weighted by molar-refractivity contribution is 0.0861. The first-order valence-corrected chi connectivity index (χ1v) is 7.93. The van der Waals surface area contributed by atoms with Crippen LogP contribution in [0.5, 0.6) is 0 Å². The number of thiazole rings is 1. The minimum atomic E-state index is -0.590. The fourth-order valence-electron chi connectivity index (χ4n) is 2.80. The SMILES string of the molecule is COCc1nc(C)c(C(=O)NC2c3ccccc3CC2O)s1. The van der Waals surface area contributed by atoms with Crippen molar-refractivity contribution in [2.24, 2.45) is 0 Å². The Balaban J connectivity index is 1.80. The molecule has 0 fully saturated rings. The number of ether oxygens (including phenoxy) is 1. The molecule has 2 aromatic rings. The first-order chi connectivity index (χ1) is 10.6. The van der Waals surface area contributed by atoms with Gasteiger partial charge in [-0.3, -0.25) is 4.79 Å². The molecule has 2 unspecified atom stereocenters. The first kappa shape index (κ1) is 15.1. The average molecular weight is 318 g/mol. The Bertz CT molecular complexity index is 698. The number of aromatic nitrogens is 1. The monoisotopic (exact) mass is 318 g/mol. The third kappa shape index (κ3) is 2.77. The van der Waals surface area contributed by atoms with E-state index in [1.165, 1.54) is 11.3 Å². The van der Waals surface area contributed by atoms with E-state index >= 15 is 0 Å². The van der Waals surface area contributed by atoms with Crippen molar-refractivity contribution in [1.29, 1.82) is 0 Å². The minimum absolute atomic E-state index is 0.196. The van der Waals surface area contributed by atoms with Crippen molar-refractivity contribution >= 4 is 17.2 Å². The molecule has 0 aliphatic heterocycles. The molecular weight excluding hydrogens is 300 g/mol. The second-order valence-corrected chi connectivity index (χ2v) is 6.46. The number of carbonyl (C=O) groups is 1. The van der Waals surface area contributed by atoms with E-state index in [0.717, 1.165) is 16.1 Å². The zero-order valence-corrected chi connectivity index (χ0v) is 13.3. The van der Waals surface area contributed by atoms with Gasteiger partial charge >= 0.3 is 0 Å². The second-order valence-electron chi connectivity index (χ2n) is 5.38. The molecule has 3 rings (SSSR count). The number of amides is 1. The number of rotatable bonds is 4. The number of nitrogens with zero attached hydrogens (tertiary/aromatic N) is 1. The molecule has 1 aromatic heterocycles. The van der Waals surface area contributed by atoms with Crippen molar-refractivity contribution in [3.63, 3.8) is 0 Å². The van der Waals surface area contributed by atoms with E-state index in [9.17, 15) is 9.90 Å². The highest BCUT2D eigenvalue weighted by Crippen LogP contribution is 2.32. The molecule has 0 radical (unpaired) electrons. The van der Waals surface area contributed by atoms with E-state index < -0.39 is 6.10 Å². The summed E-state index contributed by atoms with van der Waals surface area (Å²) in [7, 11) is 1.60. The number of hydrogen-bond donors (Lipinski definition) is 2. The molecule has 1 heterocycles. The van der Waals surface area contributed by atoms with Crippen molar-refractivity contribution in [1.82, 2.24) is 10.3 Å². The lowest BCUT2D eigenvalue weighted by atomic mass is 10.1. The maximum atomic E-state index is 12.5. The van der Waals surface area contributed by atoms with E-state index in [2.05, 4.69) is 10.3 Å². The van der Waals surface area contributed by atoms with Gasteiger partial charge in [-0.2, -0.15) is 0 Å². The minimum Gasteiger partial charge on any atom is -0.390 e. The fraction of sp³-hybridized carbons (Fsp3) is 0.375. The number of methoxy groups -OCH3 is 1. The molecule has 1 amide bonds. The summed E-state index contributed by atoms with van der Waals surface area (Å²) in [6, 6.07) is 7.44. The van der Waals surface area contributed by atoms with Gasteiger partial charge in [-0.1, -0.05) is 24.3 Å². The maximum Gasteiger partial charge on any atom is 0.263 e. The van der Waals surface area contributed by atoms with Crippen molar-refractivity contribution in [3.05, 3.63) is 51.0 Å². The summed E-state index contributed by atoms with van der Waals surface area (Å²) in [6.07, 6.45) is -0.0226. The van der Waals surface area contributed by atoms with Crippen LogP contribution in [0.1, 0.15) is 37.5 Å². The normalized spacial score (nSPS) is 20.0. The Hall–Kier alpha value is -1.76. The summed E-state index contributed by atoms with van der Waals surface area (Å²) >= 11 is 1.33. The number of aliphatic hydroxyl groups excluding tert-OH is 1. The van der Waals surface area contributed by atoms with Crippen molar-refractivity contribution < 1.29 is 14.6 Å². The first-order valence-electron chi connectivity index (χ1n) is 7.12. The molecule has 0 saturated heterocycles. The summed E-state index contributed by atoms with van der Waals surface area (Å²) < 4.78 is 5.05. The molecule has 0 saturated carbocycles. The van der Waals surface area contributed by atoms with Crippen LogP contribution in [0, 0.1) is 6.92 Å². The lowest BCUT2D eigenvalue weighted by Gasteiger charge is -2.17. The largest absolute Gasteiger partial charge is 0.390 e. The molecule has 6 heteroatoms. The Morgan fingerprint density at radius 3 is 3.05 bits per heavy atom. The van der Waals surface area contributed by atoms with Gasteiger partial charge in [0.05, 0.1) is 24.4 Å². The summed E-state index contributed by atoms with van der Waals surface area (Å²) in [4.78, 5) is 17.4. The molecule has 5 nitrogen and oxygen atoms in total. The number of nitrogens with one attached hydrogen (secondary N) is 1. The van der Waals surface area contributed by atoms with Crippen LogP contribution >= 0.6 is 11.3 Å². The van der Waals surface area contributed by atoms with Crippen molar-refractivity contribution in [2.75, 3.05) is 7.11 Å². The third-order valence-electron chi connectivity index (χ3n) is 3.81. The number of carbonyl (C=O) groups excluding carboxylic acids is 1. The molecular formula is C16H18N2O3S. The number of hydrogen-bond acceptors (Lipinski definition) is 5. The topological polar surface area (TPSA) is 71.5 Å². The second kappa shape index (κ2) is 6.16. The van der Waals surface area contributed by atoms with Crippen LogP contribution in [0.15, 0.2) is 24.3 Å². The Kier molecular flexibility index (Phi) is 4.24. The van der Waals surface area contributed by atoms with Crippen LogP contribution in [-0.4, -0.2) is 29.2 Å². The molecule has 0 bridgehead atoms. The zero-order valence-electron chi connectivity index (χ0n) is 12.5. The Morgan fingerprint density at radius 2 is 2.27 bits per heavy atom. The van der Waals surface area contributed by atoms with E-state index in [1.807, 2.05) is 31.2 Å². The molecule has 1 aliphatic carbocycles. The van der Waals surface area contributed by atoms with E-state index in [4.69, 9.17) is 4.74 Å². The van der Waals surface area contributed by atoms with Gasteiger partial charge in [0.2, 0.25) is 0 Å². The van der Waals surface area contributed by atoms with Crippen LogP contribution in [0.25, 0.3) is 0 Å². The number of aliphatic hydroxyl groups is 1.